The summed E-state index contributed by atoms with van der Waals surface area (Å²) >= 11 is 0. The van der Waals surface area contributed by atoms with Crippen LogP contribution < -0.4 is 5.32 Å². The van der Waals surface area contributed by atoms with Crippen LogP contribution in [-0.2, 0) is 12.8 Å². The number of hydrogen-bond acceptors (Lipinski definition) is 2. The molecule has 1 heterocycles. The first-order valence-electron chi connectivity index (χ1n) is 5.80. The largest absolute Gasteiger partial charge is 0.388 e. The van der Waals surface area contributed by atoms with Crippen molar-refractivity contribution in [2.24, 2.45) is 0 Å². The van der Waals surface area contributed by atoms with Crippen LogP contribution in [0.15, 0.2) is 24.3 Å². The minimum absolute atomic E-state index is 0. The molecule has 0 saturated carbocycles. The van der Waals surface area contributed by atoms with Crippen molar-refractivity contribution < 1.29 is 5.11 Å². The molecule has 1 aliphatic carbocycles. The molecule has 2 aliphatic rings. The fraction of sp³-hybridized carbons (Fsp3) is 0.538. The highest BCUT2D eigenvalue weighted by atomic mass is 35.5. The normalized spacial score (nSPS) is 26.2. The maximum atomic E-state index is 10.6. The van der Waals surface area contributed by atoms with Gasteiger partial charge in [-0.25, -0.2) is 0 Å². The number of nitrogens with one attached hydrogen (secondary N) is 1. The number of aliphatic hydroxyl groups is 1. The SMILES string of the molecule is Cl.OC1(C2CCCN2)Cc2ccccc2C1. The third kappa shape index (κ3) is 1.86. The quantitative estimate of drug-likeness (QED) is 0.782. The summed E-state index contributed by atoms with van der Waals surface area (Å²) < 4.78 is 0. The zero-order chi connectivity index (χ0) is 10.3. The second-order valence-corrected chi connectivity index (χ2v) is 4.87. The third-order valence-electron chi connectivity index (χ3n) is 3.82. The molecule has 1 unspecified atom stereocenters. The van der Waals surface area contributed by atoms with Crippen molar-refractivity contribution in [2.75, 3.05) is 6.54 Å². The average molecular weight is 240 g/mol. The van der Waals surface area contributed by atoms with E-state index in [1.165, 1.54) is 17.5 Å². The van der Waals surface area contributed by atoms with Gasteiger partial charge in [0.2, 0.25) is 0 Å². The number of hydrogen-bond donors (Lipinski definition) is 2. The van der Waals surface area contributed by atoms with Gasteiger partial charge in [0.05, 0.1) is 5.60 Å². The lowest BCUT2D eigenvalue weighted by molar-refractivity contribution is 0.0177. The third-order valence-corrected chi connectivity index (χ3v) is 3.82. The van der Waals surface area contributed by atoms with E-state index < -0.39 is 5.60 Å². The summed E-state index contributed by atoms with van der Waals surface area (Å²) in [6, 6.07) is 8.70. The summed E-state index contributed by atoms with van der Waals surface area (Å²) in [7, 11) is 0. The average Bonchev–Trinajstić information content (AvgIpc) is 2.83. The Balaban J connectivity index is 0.000000963. The van der Waals surface area contributed by atoms with Gasteiger partial charge in [0.25, 0.3) is 0 Å². The van der Waals surface area contributed by atoms with Gasteiger partial charge in [-0.15, -0.1) is 12.4 Å². The molecule has 1 fully saturated rings. The highest BCUT2D eigenvalue weighted by Crippen LogP contribution is 2.34. The zero-order valence-corrected chi connectivity index (χ0v) is 10.1. The highest BCUT2D eigenvalue weighted by Gasteiger charge is 2.42. The van der Waals surface area contributed by atoms with Gasteiger partial charge in [0.15, 0.2) is 0 Å². The molecule has 3 rings (SSSR count). The minimum Gasteiger partial charge on any atom is -0.388 e. The summed E-state index contributed by atoms with van der Waals surface area (Å²) in [5, 5.41) is 14.1. The number of benzene rings is 1. The number of fused-ring (bicyclic) bond motifs is 1. The van der Waals surface area contributed by atoms with Crippen molar-refractivity contribution in [3.05, 3.63) is 35.4 Å². The van der Waals surface area contributed by atoms with Crippen LogP contribution in [-0.4, -0.2) is 23.3 Å². The molecular formula is C13H18ClNO. The fourth-order valence-corrected chi connectivity index (χ4v) is 3.01. The van der Waals surface area contributed by atoms with Crippen molar-refractivity contribution in [3.8, 4) is 0 Å². The lowest BCUT2D eigenvalue weighted by Gasteiger charge is -2.29. The van der Waals surface area contributed by atoms with E-state index in [-0.39, 0.29) is 12.4 Å². The van der Waals surface area contributed by atoms with Gasteiger partial charge in [-0.1, -0.05) is 24.3 Å². The Kier molecular flexibility index (Phi) is 3.24. The zero-order valence-electron chi connectivity index (χ0n) is 9.28. The second-order valence-electron chi connectivity index (χ2n) is 4.87. The van der Waals surface area contributed by atoms with Gasteiger partial charge in [0.1, 0.15) is 0 Å². The molecule has 88 valence electrons. The highest BCUT2D eigenvalue weighted by molar-refractivity contribution is 5.85. The molecule has 2 nitrogen and oxygen atoms in total. The number of halogens is 1. The van der Waals surface area contributed by atoms with Crippen LogP contribution in [0.4, 0.5) is 0 Å². The summed E-state index contributed by atoms with van der Waals surface area (Å²) in [6.45, 7) is 1.06. The lowest BCUT2D eigenvalue weighted by atomic mass is 9.90. The van der Waals surface area contributed by atoms with Crippen molar-refractivity contribution in [1.29, 1.82) is 0 Å². The van der Waals surface area contributed by atoms with Gasteiger partial charge >= 0.3 is 0 Å². The summed E-state index contributed by atoms with van der Waals surface area (Å²) in [5.41, 5.74) is 2.13. The van der Waals surface area contributed by atoms with E-state index in [0.29, 0.717) is 6.04 Å². The maximum absolute atomic E-state index is 10.6. The summed E-state index contributed by atoms with van der Waals surface area (Å²) in [5.74, 6) is 0. The molecule has 0 amide bonds. The van der Waals surface area contributed by atoms with E-state index in [2.05, 4.69) is 29.6 Å². The molecule has 0 spiro atoms. The smallest absolute Gasteiger partial charge is 0.0880 e. The van der Waals surface area contributed by atoms with Crippen LogP contribution in [0.2, 0.25) is 0 Å². The Hall–Kier alpha value is -0.570. The second kappa shape index (κ2) is 4.36. The molecule has 0 aromatic heterocycles. The first kappa shape index (κ1) is 11.9. The van der Waals surface area contributed by atoms with Crippen molar-refractivity contribution in [1.82, 2.24) is 5.32 Å². The number of rotatable bonds is 1. The predicted molar refractivity (Wildman–Crippen MR) is 67.1 cm³/mol. The van der Waals surface area contributed by atoms with Gasteiger partial charge in [-0.2, -0.15) is 0 Å². The van der Waals surface area contributed by atoms with Crippen molar-refractivity contribution >= 4 is 12.4 Å². The van der Waals surface area contributed by atoms with E-state index in [0.717, 1.165) is 25.8 Å². The molecule has 0 bridgehead atoms. The lowest BCUT2D eigenvalue weighted by Crippen LogP contribution is -2.48. The molecule has 1 saturated heterocycles. The Bertz CT molecular complexity index is 349. The Labute approximate surface area is 102 Å². The molecule has 1 aliphatic heterocycles. The van der Waals surface area contributed by atoms with Crippen molar-refractivity contribution in [2.45, 2.75) is 37.3 Å². The molecule has 1 aromatic carbocycles. The monoisotopic (exact) mass is 239 g/mol. The van der Waals surface area contributed by atoms with Gasteiger partial charge in [0, 0.05) is 18.9 Å². The Morgan fingerprint density at radius 1 is 1.19 bits per heavy atom. The molecular weight excluding hydrogens is 222 g/mol. The van der Waals surface area contributed by atoms with Crippen LogP contribution in [0.1, 0.15) is 24.0 Å². The molecule has 0 radical (unpaired) electrons. The van der Waals surface area contributed by atoms with E-state index in [1.807, 2.05) is 0 Å². The standard InChI is InChI=1S/C13H17NO.ClH/c15-13(12-6-3-7-14-12)8-10-4-1-2-5-11(10)9-13;/h1-2,4-5,12,14-15H,3,6-9H2;1H. The summed E-state index contributed by atoms with van der Waals surface area (Å²) in [6.07, 6.45) is 3.95. The van der Waals surface area contributed by atoms with Crippen LogP contribution in [0.25, 0.3) is 0 Å². The molecule has 16 heavy (non-hydrogen) atoms. The minimum atomic E-state index is -0.528. The van der Waals surface area contributed by atoms with E-state index in [4.69, 9.17) is 0 Å². The van der Waals surface area contributed by atoms with Gasteiger partial charge < -0.3 is 10.4 Å². The van der Waals surface area contributed by atoms with Gasteiger partial charge in [-0.3, -0.25) is 0 Å². The molecule has 1 aromatic rings. The Morgan fingerprint density at radius 3 is 2.31 bits per heavy atom. The van der Waals surface area contributed by atoms with Gasteiger partial charge in [-0.05, 0) is 30.5 Å². The maximum Gasteiger partial charge on any atom is 0.0880 e. The predicted octanol–water partition coefficient (Wildman–Crippen LogP) is 1.69. The summed E-state index contributed by atoms with van der Waals surface area (Å²) in [4.78, 5) is 0. The first-order valence-corrected chi connectivity index (χ1v) is 5.80. The van der Waals surface area contributed by atoms with Crippen LogP contribution >= 0.6 is 12.4 Å². The molecule has 3 heteroatoms. The van der Waals surface area contributed by atoms with E-state index in [9.17, 15) is 5.11 Å². The molecule has 2 N–H and O–H groups in total. The van der Waals surface area contributed by atoms with E-state index >= 15 is 0 Å². The van der Waals surface area contributed by atoms with Crippen LogP contribution in [0, 0.1) is 0 Å². The first-order chi connectivity index (χ1) is 7.28. The van der Waals surface area contributed by atoms with Crippen molar-refractivity contribution in [3.63, 3.8) is 0 Å². The van der Waals surface area contributed by atoms with E-state index in [1.54, 1.807) is 0 Å². The fourth-order valence-electron chi connectivity index (χ4n) is 3.01. The molecule has 1 atom stereocenters. The Morgan fingerprint density at radius 2 is 1.81 bits per heavy atom. The topological polar surface area (TPSA) is 32.3 Å². The van der Waals surface area contributed by atoms with Crippen LogP contribution in [0.5, 0.6) is 0 Å². The van der Waals surface area contributed by atoms with Crippen LogP contribution in [0.3, 0.4) is 0 Å².